The summed E-state index contributed by atoms with van der Waals surface area (Å²) < 4.78 is 0. The average Bonchev–Trinajstić information content (AvgIpc) is 2.54. The van der Waals surface area contributed by atoms with Crippen LogP contribution in [-0.4, -0.2) is 11.5 Å². The molecule has 0 atom stereocenters. The Balaban J connectivity index is 1.89. The Morgan fingerprint density at radius 2 is 2.00 bits per heavy atom. The molecule has 0 saturated heterocycles. The van der Waals surface area contributed by atoms with Crippen LogP contribution in [0.3, 0.4) is 0 Å². The zero-order valence-corrected chi connectivity index (χ0v) is 12.7. The molecule has 1 aromatic heterocycles. The first-order valence-electron chi connectivity index (χ1n) is 7.81. The zero-order chi connectivity index (χ0) is 14.7. The van der Waals surface area contributed by atoms with E-state index in [9.17, 15) is 0 Å². The number of rotatable bonds is 4. The van der Waals surface area contributed by atoms with Crippen molar-refractivity contribution >= 4 is 5.82 Å². The standard InChI is InChI=1S/C18H23N3/c1-2-5-17-10-14(12-19)11-18(20-17)21-9-8-15-6-3-4-7-16(15)13-21/h3-4,6-7,10-11H,2,5,8-9,12-13,19H2,1H3. The third kappa shape index (κ3) is 3.08. The molecule has 0 amide bonds. The Bertz CT molecular complexity index is 622. The lowest BCUT2D eigenvalue weighted by Crippen LogP contribution is -2.31. The third-order valence-corrected chi connectivity index (χ3v) is 4.12. The van der Waals surface area contributed by atoms with Crippen LogP contribution in [0.5, 0.6) is 0 Å². The maximum atomic E-state index is 5.84. The largest absolute Gasteiger partial charge is 0.352 e. The van der Waals surface area contributed by atoms with Crippen molar-refractivity contribution in [1.29, 1.82) is 0 Å². The van der Waals surface area contributed by atoms with E-state index in [-0.39, 0.29) is 0 Å². The maximum absolute atomic E-state index is 5.84. The number of nitrogens with zero attached hydrogens (tertiary/aromatic N) is 2. The minimum Gasteiger partial charge on any atom is -0.352 e. The zero-order valence-electron chi connectivity index (χ0n) is 12.7. The van der Waals surface area contributed by atoms with Crippen LogP contribution in [0.1, 0.15) is 35.7 Å². The van der Waals surface area contributed by atoms with Gasteiger partial charge >= 0.3 is 0 Å². The van der Waals surface area contributed by atoms with Gasteiger partial charge in [0.1, 0.15) is 5.82 Å². The minimum absolute atomic E-state index is 0.580. The summed E-state index contributed by atoms with van der Waals surface area (Å²) in [7, 11) is 0. The monoisotopic (exact) mass is 281 g/mol. The van der Waals surface area contributed by atoms with Gasteiger partial charge in [-0.15, -0.1) is 0 Å². The van der Waals surface area contributed by atoms with Crippen molar-refractivity contribution in [3.63, 3.8) is 0 Å². The van der Waals surface area contributed by atoms with E-state index < -0.39 is 0 Å². The predicted octanol–water partition coefficient (Wildman–Crippen LogP) is 3.06. The fourth-order valence-electron chi connectivity index (χ4n) is 2.99. The van der Waals surface area contributed by atoms with Gasteiger partial charge in [-0.2, -0.15) is 0 Å². The van der Waals surface area contributed by atoms with E-state index in [4.69, 9.17) is 10.7 Å². The average molecular weight is 281 g/mol. The van der Waals surface area contributed by atoms with Crippen LogP contribution in [0.2, 0.25) is 0 Å². The highest BCUT2D eigenvalue weighted by atomic mass is 15.2. The van der Waals surface area contributed by atoms with E-state index in [1.807, 2.05) is 0 Å². The Kier molecular flexibility index (Phi) is 4.20. The molecule has 3 rings (SSSR count). The normalized spacial score (nSPS) is 14.1. The van der Waals surface area contributed by atoms with E-state index in [1.165, 1.54) is 16.7 Å². The number of nitrogens with two attached hydrogens (primary N) is 1. The number of aryl methyl sites for hydroxylation is 1. The Labute approximate surface area is 126 Å². The summed E-state index contributed by atoms with van der Waals surface area (Å²) in [5, 5.41) is 0. The van der Waals surface area contributed by atoms with Gasteiger partial charge in [-0.3, -0.25) is 0 Å². The van der Waals surface area contributed by atoms with Gasteiger partial charge in [-0.25, -0.2) is 4.98 Å². The second kappa shape index (κ2) is 6.27. The Morgan fingerprint density at radius 1 is 1.19 bits per heavy atom. The van der Waals surface area contributed by atoms with Gasteiger partial charge in [0, 0.05) is 25.3 Å². The van der Waals surface area contributed by atoms with Crippen molar-refractivity contribution in [3.05, 3.63) is 58.8 Å². The number of anilines is 1. The van der Waals surface area contributed by atoms with Crippen LogP contribution in [0.4, 0.5) is 5.82 Å². The van der Waals surface area contributed by atoms with Crippen LogP contribution in [-0.2, 0) is 25.9 Å². The van der Waals surface area contributed by atoms with Crippen LogP contribution in [0.25, 0.3) is 0 Å². The van der Waals surface area contributed by atoms with Gasteiger partial charge < -0.3 is 10.6 Å². The first-order chi connectivity index (χ1) is 10.3. The van der Waals surface area contributed by atoms with Crippen molar-refractivity contribution in [2.24, 2.45) is 5.73 Å². The number of hydrogen-bond acceptors (Lipinski definition) is 3. The number of fused-ring (bicyclic) bond motifs is 1. The smallest absolute Gasteiger partial charge is 0.129 e. The van der Waals surface area contributed by atoms with Crippen molar-refractivity contribution in [2.75, 3.05) is 11.4 Å². The highest BCUT2D eigenvalue weighted by molar-refractivity contribution is 5.46. The summed E-state index contributed by atoms with van der Waals surface area (Å²) in [6, 6.07) is 13.0. The summed E-state index contributed by atoms with van der Waals surface area (Å²) in [5.74, 6) is 1.08. The van der Waals surface area contributed by atoms with Crippen molar-refractivity contribution in [2.45, 2.75) is 39.3 Å². The van der Waals surface area contributed by atoms with E-state index in [0.717, 1.165) is 43.9 Å². The first kappa shape index (κ1) is 14.1. The molecule has 0 unspecified atom stereocenters. The molecular weight excluding hydrogens is 258 g/mol. The minimum atomic E-state index is 0.580. The molecule has 3 heteroatoms. The van der Waals surface area contributed by atoms with Gasteiger partial charge in [0.15, 0.2) is 0 Å². The fraction of sp³-hybridized carbons (Fsp3) is 0.389. The Morgan fingerprint density at radius 3 is 2.76 bits per heavy atom. The van der Waals surface area contributed by atoms with E-state index in [2.05, 4.69) is 48.2 Å². The van der Waals surface area contributed by atoms with Crippen LogP contribution >= 0.6 is 0 Å². The van der Waals surface area contributed by atoms with Gasteiger partial charge in [0.2, 0.25) is 0 Å². The summed E-state index contributed by atoms with van der Waals surface area (Å²) in [6.45, 7) is 4.75. The summed E-state index contributed by atoms with van der Waals surface area (Å²) >= 11 is 0. The highest BCUT2D eigenvalue weighted by Crippen LogP contribution is 2.24. The lowest BCUT2D eigenvalue weighted by atomic mass is 10.00. The summed E-state index contributed by atoms with van der Waals surface area (Å²) in [5.41, 5.74) is 11.1. The van der Waals surface area contributed by atoms with Gasteiger partial charge in [-0.1, -0.05) is 37.6 Å². The lowest BCUT2D eigenvalue weighted by Gasteiger charge is -2.30. The van der Waals surface area contributed by atoms with Gasteiger partial charge in [-0.05, 0) is 41.7 Å². The Hall–Kier alpha value is -1.87. The quantitative estimate of drug-likeness (QED) is 0.936. The molecular formula is C18H23N3. The van der Waals surface area contributed by atoms with E-state index in [0.29, 0.717) is 6.54 Å². The molecule has 0 saturated carbocycles. The molecule has 2 N–H and O–H groups in total. The van der Waals surface area contributed by atoms with Crippen molar-refractivity contribution < 1.29 is 0 Å². The fourth-order valence-corrected chi connectivity index (χ4v) is 2.99. The molecule has 0 aliphatic carbocycles. The number of pyridine rings is 1. The predicted molar refractivity (Wildman–Crippen MR) is 87.3 cm³/mol. The SMILES string of the molecule is CCCc1cc(CN)cc(N2CCc3ccccc3C2)n1. The molecule has 0 fully saturated rings. The molecule has 0 spiro atoms. The number of benzene rings is 1. The first-order valence-corrected chi connectivity index (χ1v) is 7.81. The molecule has 2 aromatic rings. The topological polar surface area (TPSA) is 42.1 Å². The number of aromatic nitrogens is 1. The third-order valence-electron chi connectivity index (χ3n) is 4.12. The van der Waals surface area contributed by atoms with Crippen LogP contribution in [0, 0.1) is 0 Å². The molecule has 1 aromatic carbocycles. The van der Waals surface area contributed by atoms with Gasteiger partial charge in [0.25, 0.3) is 0 Å². The summed E-state index contributed by atoms with van der Waals surface area (Å²) in [6.07, 6.45) is 3.22. The molecule has 3 nitrogen and oxygen atoms in total. The van der Waals surface area contributed by atoms with Gasteiger partial charge in [0.05, 0.1) is 0 Å². The van der Waals surface area contributed by atoms with E-state index in [1.54, 1.807) is 0 Å². The van der Waals surface area contributed by atoms with Crippen molar-refractivity contribution in [1.82, 2.24) is 4.98 Å². The summed E-state index contributed by atoms with van der Waals surface area (Å²) in [4.78, 5) is 7.21. The van der Waals surface area contributed by atoms with Crippen LogP contribution < -0.4 is 10.6 Å². The second-order valence-electron chi connectivity index (χ2n) is 5.72. The molecule has 0 radical (unpaired) electrons. The molecule has 0 bridgehead atoms. The molecule has 21 heavy (non-hydrogen) atoms. The second-order valence-corrected chi connectivity index (χ2v) is 5.72. The molecule has 1 aliphatic rings. The van der Waals surface area contributed by atoms with Crippen molar-refractivity contribution in [3.8, 4) is 0 Å². The molecule has 110 valence electrons. The number of hydrogen-bond donors (Lipinski definition) is 1. The maximum Gasteiger partial charge on any atom is 0.129 e. The highest BCUT2D eigenvalue weighted by Gasteiger charge is 2.17. The molecule has 2 heterocycles. The van der Waals surface area contributed by atoms with E-state index >= 15 is 0 Å². The lowest BCUT2D eigenvalue weighted by molar-refractivity contribution is 0.715. The van der Waals surface area contributed by atoms with Crippen LogP contribution in [0.15, 0.2) is 36.4 Å². The molecule has 1 aliphatic heterocycles.